The predicted molar refractivity (Wildman–Crippen MR) is 59.6 cm³/mol. The fraction of sp³-hybridized carbons (Fsp3) is 0.444. The number of nitrogens with zero attached hydrogens (tertiary/aromatic N) is 1. The molecule has 72 valence electrons. The van der Waals surface area contributed by atoms with Crippen molar-refractivity contribution < 1.29 is 0 Å². The van der Waals surface area contributed by atoms with E-state index >= 15 is 0 Å². The summed E-state index contributed by atoms with van der Waals surface area (Å²) in [4.78, 5) is 4.12. The fourth-order valence-corrected chi connectivity index (χ4v) is 2.46. The Kier molecular flexibility index (Phi) is 4.56. The number of hydrogen-bond acceptors (Lipinski definition) is 3. The molecule has 13 heavy (non-hydrogen) atoms. The standard InChI is InChI=1S/C9H12N2S.ClH/c1-2-8(6-10-3-1)9-7-11-4-5-12-9;/h1-3,6,9,11H,4-5,7H2;1H. The van der Waals surface area contributed by atoms with Gasteiger partial charge in [-0.15, -0.1) is 12.4 Å². The highest BCUT2D eigenvalue weighted by Gasteiger charge is 2.14. The Morgan fingerprint density at radius 1 is 1.54 bits per heavy atom. The van der Waals surface area contributed by atoms with E-state index in [1.165, 1.54) is 11.3 Å². The second kappa shape index (κ2) is 5.47. The molecule has 0 bridgehead atoms. The van der Waals surface area contributed by atoms with Crippen molar-refractivity contribution >= 4 is 24.2 Å². The molecule has 0 spiro atoms. The van der Waals surface area contributed by atoms with Crippen molar-refractivity contribution in [2.75, 3.05) is 18.8 Å². The van der Waals surface area contributed by atoms with E-state index in [-0.39, 0.29) is 12.4 Å². The topological polar surface area (TPSA) is 24.9 Å². The van der Waals surface area contributed by atoms with Gasteiger partial charge in [-0.2, -0.15) is 11.8 Å². The molecule has 0 aliphatic carbocycles. The highest BCUT2D eigenvalue weighted by atomic mass is 35.5. The van der Waals surface area contributed by atoms with Crippen LogP contribution >= 0.6 is 24.2 Å². The average Bonchev–Trinajstić information content (AvgIpc) is 2.21. The third kappa shape index (κ3) is 2.86. The number of pyridine rings is 1. The summed E-state index contributed by atoms with van der Waals surface area (Å²) in [6, 6.07) is 4.15. The summed E-state index contributed by atoms with van der Waals surface area (Å²) in [7, 11) is 0. The zero-order valence-corrected chi connectivity index (χ0v) is 8.90. The third-order valence-electron chi connectivity index (χ3n) is 1.98. The number of halogens is 1. The lowest BCUT2D eigenvalue weighted by Gasteiger charge is -2.22. The van der Waals surface area contributed by atoms with Crippen LogP contribution in [0.2, 0.25) is 0 Å². The Balaban J connectivity index is 0.000000845. The van der Waals surface area contributed by atoms with Crippen molar-refractivity contribution in [3.8, 4) is 0 Å². The van der Waals surface area contributed by atoms with Crippen LogP contribution in [0.4, 0.5) is 0 Å². The monoisotopic (exact) mass is 216 g/mol. The molecule has 0 radical (unpaired) electrons. The Labute approximate surface area is 88.9 Å². The van der Waals surface area contributed by atoms with Crippen LogP contribution in [0.15, 0.2) is 24.5 Å². The maximum atomic E-state index is 4.12. The number of nitrogens with one attached hydrogen (secondary N) is 1. The van der Waals surface area contributed by atoms with Crippen molar-refractivity contribution in [2.24, 2.45) is 0 Å². The van der Waals surface area contributed by atoms with E-state index in [9.17, 15) is 0 Å². The third-order valence-corrected chi connectivity index (χ3v) is 3.26. The van der Waals surface area contributed by atoms with Crippen molar-refractivity contribution in [2.45, 2.75) is 5.25 Å². The molecular formula is C9H13ClN2S. The number of thioether (sulfide) groups is 1. The van der Waals surface area contributed by atoms with Crippen molar-refractivity contribution in [1.82, 2.24) is 10.3 Å². The average molecular weight is 217 g/mol. The van der Waals surface area contributed by atoms with E-state index in [1.807, 2.05) is 30.2 Å². The van der Waals surface area contributed by atoms with Gasteiger partial charge >= 0.3 is 0 Å². The fourth-order valence-electron chi connectivity index (χ4n) is 1.35. The van der Waals surface area contributed by atoms with Gasteiger partial charge in [0.15, 0.2) is 0 Å². The lowest BCUT2D eigenvalue weighted by Crippen LogP contribution is -2.28. The van der Waals surface area contributed by atoms with Gasteiger partial charge < -0.3 is 5.32 Å². The quantitative estimate of drug-likeness (QED) is 0.776. The molecule has 1 aliphatic rings. The van der Waals surface area contributed by atoms with Gasteiger partial charge in [0.05, 0.1) is 0 Å². The maximum Gasteiger partial charge on any atom is 0.0437 e. The van der Waals surface area contributed by atoms with Crippen LogP contribution in [-0.2, 0) is 0 Å². The summed E-state index contributed by atoms with van der Waals surface area (Å²) in [5.41, 5.74) is 1.34. The zero-order chi connectivity index (χ0) is 8.23. The molecule has 1 aromatic heterocycles. The van der Waals surface area contributed by atoms with Crippen molar-refractivity contribution in [1.29, 1.82) is 0 Å². The van der Waals surface area contributed by atoms with Crippen LogP contribution < -0.4 is 5.32 Å². The Morgan fingerprint density at radius 3 is 3.08 bits per heavy atom. The highest BCUT2D eigenvalue weighted by Crippen LogP contribution is 2.28. The Morgan fingerprint density at radius 2 is 2.46 bits per heavy atom. The van der Waals surface area contributed by atoms with Gasteiger partial charge in [-0.1, -0.05) is 6.07 Å². The second-order valence-corrected chi connectivity index (χ2v) is 4.16. The lowest BCUT2D eigenvalue weighted by atomic mass is 10.2. The summed E-state index contributed by atoms with van der Waals surface area (Å²) in [5, 5.41) is 3.99. The highest BCUT2D eigenvalue weighted by molar-refractivity contribution is 7.99. The van der Waals surface area contributed by atoms with Crippen LogP contribution in [0.3, 0.4) is 0 Å². The molecule has 0 amide bonds. The minimum atomic E-state index is 0. The van der Waals surface area contributed by atoms with E-state index in [0.717, 1.165) is 13.1 Å². The minimum Gasteiger partial charge on any atom is -0.314 e. The van der Waals surface area contributed by atoms with E-state index in [1.54, 1.807) is 0 Å². The first-order valence-corrected chi connectivity index (χ1v) is 5.24. The largest absolute Gasteiger partial charge is 0.314 e. The summed E-state index contributed by atoms with van der Waals surface area (Å²) >= 11 is 2.01. The molecule has 1 saturated heterocycles. The summed E-state index contributed by atoms with van der Waals surface area (Å²) in [6.07, 6.45) is 3.79. The minimum absolute atomic E-state index is 0. The molecule has 1 atom stereocenters. The maximum absolute atomic E-state index is 4.12. The van der Waals surface area contributed by atoms with Crippen LogP contribution in [0.5, 0.6) is 0 Å². The van der Waals surface area contributed by atoms with E-state index in [2.05, 4.69) is 16.4 Å². The number of rotatable bonds is 1. The van der Waals surface area contributed by atoms with Gasteiger partial charge in [-0.3, -0.25) is 4.98 Å². The predicted octanol–water partition coefficient (Wildman–Crippen LogP) is 1.88. The van der Waals surface area contributed by atoms with Gasteiger partial charge in [-0.05, 0) is 11.6 Å². The summed E-state index contributed by atoms with van der Waals surface area (Å²) in [5.74, 6) is 1.21. The van der Waals surface area contributed by atoms with Crippen LogP contribution in [0.1, 0.15) is 10.8 Å². The molecule has 0 aromatic carbocycles. The van der Waals surface area contributed by atoms with Gasteiger partial charge in [0.25, 0.3) is 0 Å². The molecule has 1 fully saturated rings. The lowest BCUT2D eigenvalue weighted by molar-refractivity contribution is 0.688. The van der Waals surface area contributed by atoms with Gasteiger partial charge in [-0.25, -0.2) is 0 Å². The molecule has 0 saturated carbocycles. The van der Waals surface area contributed by atoms with E-state index in [0.29, 0.717) is 5.25 Å². The molecule has 4 heteroatoms. The van der Waals surface area contributed by atoms with Crippen molar-refractivity contribution in [3.63, 3.8) is 0 Å². The summed E-state index contributed by atoms with van der Waals surface area (Å²) in [6.45, 7) is 2.22. The second-order valence-electron chi connectivity index (χ2n) is 2.85. The Hall–Kier alpha value is -0.250. The molecule has 2 nitrogen and oxygen atoms in total. The molecule has 1 aromatic rings. The SMILES string of the molecule is Cl.c1cncc(C2CNCCS2)c1. The summed E-state index contributed by atoms with van der Waals surface area (Å²) < 4.78 is 0. The first-order valence-electron chi connectivity index (χ1n) is 4.19. The van der Waals surface area contributed by atoms with Gasteiger partial charge in [0.2, 0.25) is 0 Å². The molecular weight excluding hydrogens is 204 g/mol. The zero-order valence-electron chi connectivity index (χ0n) is 7.27. The molecule has 2 heterocycles. The molecule has 1 N–H and O–H groups in total. The van der Waals surface area contributed by atoms with Crippen LogP contribution in [0, 0.1) is 0 Å². The molecule has 2 rings (SSSR count). The van der Waals surface area contributed by atoms with Crippen LogP contribution in [-0.4, -0.2) is 23.8 Å². The van der Waals surface area contributed by atoms with Crippen molar-refractivity contribution in [3.05, 3.63) is 30.1 Å². The van der Waals surface area contributed by atoms with Gasteiger partial charge in [0.1, 0.15) is 0 Å². The van der Waals surface area contributed by atoms with E-state index < -0.39 is 0 Å². The number of hydrogen-bond donors (Lipinski definition) is 1. The smallest absolute Gasteiger partial charge is 0.0437 e. The van der Waals surface area contributed by atoms with Crippen LogP contribution in [0.25, 0.3) is 0 Å². The van der Waals surface area contributed by atoms with E-state index in [4.69, 9.17) is 0 Å². The first-order chi connectivity index (χ1) is 5.97. The first kappa shape index (κ1) is 10.8. The Bertz CT molecular complexity index is 237. The normalized spacial score (nSPS) is 22.0. The molecule has 1 unspecified atom stereocenters. The molecule has 1 aliphatic heterocycles. The van der Waals surface area contributed by atoms with Gasteiger partial charge in [0, 0.05) is 36.5 Å². The number of aromatic nitrogens is 1.